The number of hydrogen-bond acceptors (Lipinski definition) is 9. The molecule has 0 spiro atoms. The number of hydrogen-bond donors (Lipinski definition) is 3. The maximum atomic E-state index is 12.7. The molecular formula is C33H37N5O6S. The zero-order valence-corrected chi connectivity index (χ0v) is 26.0. The highest BCUT2D eigenvalue weighted by molar-refractivity contribution is 7.99. The van der Waals surface area contributed by atoms with Crippen LogP contribution in [0.15, 0.2) is 90.3 Å². The monoisotopic (exact) mass is 631 g/mol. The van der Waals surface area contributed by atoms with E-state index < -0.39 is 24.3 Å². The summed E-state index contributed by atoms with van der Waals surface area (Å²) in [6.07, 6.45) is 1.73. The highest BCUT2D eigenvalue weighted by Gasteiger charge is 2.32. The number of esters is 1. The van der Waals surface area contributed by atoms with Gasteiger partial charge in [-0.05, 0) is 22.3 Å². The third-order valence-electron chi connectivity index (χ3n) is 7.46. The molecule has 1 aliphatic heterocycles. The Kier molecular flexibility index (Phi) is 11.2. The zero-order chi connectivity index (χ0) is 31.6. The summed E-state index contributed by atoms with van der Waals surface area (Å²) in [5.41, 5.74) is 4.48. The quantitative estimate of drug-likeness (QED) is 0.155. The van der Waals surface area contributed by atoms with Crippen molar-refractivity contribution in [2.75, 3.05) is 12.9 Å². The average Bonchev–Trinajstić information content (AvgIpc) is 3.50. The number of aryl methyl sites for hydroxylation is 1. The molecule has 0 saturated carbocycles. The minimum absolute atomic E-state index is 0.0169. The van der Waals surface area contributed by atoms with Gasteiger partial charge in [0.05, 0.1) is 25.9 Å². The molecule has 0 aliphatic carbocycles. The van der Waals surface area contributed by atoms with E-state index in [9.17, 15) is 14.7 Å². The first-order valence-corrected chi connectivity index (χ1v) is 15.6. The number of nitrogens with zero attached hydrogens (tertiary/aromatic N) is 3. The van der Waals surface area contributed by atoms with Crippen molar-refractivity contribution >= 4 is 23.8 Å². The first-order valence-electron chi connectivity index (χ1n) is 14.6. The van der Waals surface area contributed by atoms with Crippen LogP contribution in [0.25, 0.3) is 0 Å². The average molecular weight is 632 g/mol. The number of rotatable bonds is 12. The van der Waals surface area contributed by atoms with Crippen molar-refractivity contribution in [1.82, 2.24) is 25.4 Å². The summed E-state index contributed by atoms with van der Waals surface area (Å²) in [5.74, 6) is 0.160. The molecule has 11 nitrogen and oxygen atoms in total. The van der Waals surface area contributed by atoms with Gasteiger partial charge in [-0.3, -0.25) is 0 Å². The molecular weight excluding hydrogens is 594 g/mol. The van der Waals surface area contributed by atoms with E-state index in [-0.39, 0.29) is 25.4 Å². The SMILES string of the molecule is COC(=O)[C@H](Cc1ccccc1)NC(=O)NCc1ccc([C@@H]2O[C@H](CSc3nncn3C)C[C@H](c3ccc(CO)cc3)O2)cc1. The number of benzene rings is 3. The van der Waals surface area contributed by atoms with Gasteiger partial charge in [-0.15, -0.1) is 10.2 Å². The third-order valence-corrected chi connectivity index (χ3v) is 8.63. The van der Waals surface area contributed by atoms with Crippen LogP contribution in [0.2, 0.25) is 0 Å². The Labute approximate surface area is 266 Å². The molecule has 1 aliphatic rings. The fraction of sp³-hybridized carbons (Fsp3) is 0.333. The minimum atomic E-state index is -0.812. The highest BCUT2D eigenvalue weighted by Crippen LogP contribution is 2.39. The number of nitrogens with one attached hydrogen (secondary N) is 2. The lowest BCUT2D eigenvalue weighted by molar-refractivity contribution is -0.245. The summed E-state index contributed by atoms with van der Waals surface area (Å²) in [4.78, 5) is 25.0. The predicted molar refractivity (Wildman–Crippen MR) is 168 cm³/mol. The van der Waals surface area contributed by atoms with Gasteiger partial charge in [0.15, 0.2) is 11.4 Å². The van der Waals surface area contributed by atoms with Crippen LogP contribution >= 0.6 is 11.8 Å². The molecule has 45 heavy (non-hydrogen) atoms. The smallest absolute Gasteiger partial charge is 0.328 e. The Balaban J connectivity index is 1.21. The predicted octanol–water partition coefficient (Wildman–Crippen LogP) is 4.23. The minimum Gasteiger partial charge on any atom is -0.467 e. The molecule has 12 heteroatoms. The Morgan fingerprint density at radius 3 is 2.38 bits per heavy atom. The summed E-state index contributed by atoms with van der Waals surface area (Å²) in [7, 11) is 3.21. The van der Waals surface area contributed by atoms with Crippen molar-refractivity contribution in [2.24, 2.45) is 7.05 Å². The number of methoxy groups -OCH3 is 1. The van der Waals surface area contributed by atoms with Crippen molar-refractivity contribution in [3.8, 4) is 0 Å². The van der Waals surface area contributed by atoms with Crippen LogP contribution in [0.1, 0.15) is 46.6 Å². The van der Waals surface area contributed by atoms with Crippen LogP contribution in [0.4, 0.5) is 4.79 Å². The van der Waals surface area contributed by atoms with Gasteiger partial charge in [-0.2, -0.15) is 0 Å². The number of carbonyl (C=O) groups is 2. The van der Waals surface area contributed by atoms with Crippen molar-refractivity contribution in [1.29, 1.82) is 0 Å². The molecule has 236 valence electrons. The van der Waals surface area contributed by atoms with Crippen molar-refractivity contribution in [3.63, 3.8) is 0 Å². The highest BCUT2D eigenvalue weighted by atomic mass is 32.2. The summed E-state index contributed by atoms with van der Waals surface area (Å²) in [6.45, 7) is 0.242. The van der Waals surface area contributed by atoms with Crippen LogP contribution in [-0.2, 0) is 45.6 Å². The van der Waals surface area contributed by atoms with E-state index in [0.29, 0.717) is 18.6 Å². The standard InChI is InChI=1S/C33H37N5O6S/c1-38-21-35-37-33(38)45-20-27-17-29(25-12-10-24(19-39)11-13-25)44-31(43-27)26-14-8-23(9-15-26)18-34-32(41)36-28(30(40)42-2)16-22-6-4-3-5-7-22/h3-15,21,27-29,31,39H,16-20H2,1-2H3,(H2,34,36,41)/t27-,28-,29+,31+/m0/s1. The summed E-state index contributed by atoms with van der Waals surface area (Å²) in [6, 6.07) is 23.6. The number of aliphatic hydroxyl groups is 1. The molecule has 2 amide bonds. The van der Waals surface area contributed by atoms with Crippen LogP contribution in [0.5, 0.6) is 0 Å². The van der Waals surface area contributed by atoms with E-state index in [1.807, 2.05) is 90.5 Å². The second-order valence-electron chi connectivity index (χ2n) is 10.7. The fourth-order valence-electron chi connectivity index (χ4n) is 4.96. The Bertz CT molecular complexity index is 1530. The number of amides is 2. The number of urea groups is 1. The second kappa shape index (κ2) is 15.7. The van der Waals surface area contributed by atoms with Gasteiger partial charge in [0, 0.05) is 37.8 Å². The summed E-state index contributed by atoms with van der Waals surface area (Å²) in [5, 5.41) is 23.9. The summed E-state index contributed by atoms with van der Waals surface area (Å²) < 4.78 is 19.6. The maximum absolute atomic E-state index is 12.7. The van der Waals surface area contributed by atoms with Crippen LogP contribution in [-0.4, -0.2) is 56.9 Å². The summed E-state index contributed by atoms with van der Waals surface area (Å²) >= 11 is 1.58. The topological polar surface area (TPSA) is 137 Å². The van der Waals surface area contributed by atoms with Gasteiger partial charge < -0.3 is 34.5 Å². The molecule has 0 bridgehead atoms. The van der Waals surface area contributed by atoms with Crippen LogP contribution in [0.3, 0.4) is 0 Å². The molecule has 4 atom stereocenters. The van der Waals surface area contributed by atoms with E-state index in [2.05, 4.69) is 20.8 Å². The van der Waals surface area contributed by atoms with Gasteiger partial charge in [0.2, 0.25) is 0 Å². The molecule has 1 saturated heterocycles. The molecule has 0 radical (unpaired) electrons. The molecule has 0 unspecified atom stereocenters. The number of ether oxygens (including phenoxy) is 3. The lowest BCUT2D eigenvalue weighted by Gasteiger charge is -2.36. The maximum Gasteiger partial charge on any atom is 0.328 e. The number of aliphatic hydroxyl groups excluding tert-OH is 1. The first-order chi connectivity index (χ1) is 21.9. The molecule has 3 aromatic carbocycles. The van der Waals surface area contributed by atoms with Gasteiger partial charge in [0.1, 0.15) is 12.4 Å². The molecule has 1 aromatic heterocycles. The molecule has 5 rings (SSSR count). The van der Waals surface area contributed by atoms with E-state index >= 15 is 0 Å². The van der Waals surface area contributed by atoms with Gasteiger partial charge in [-0.1, -0.05) is 90.6 Å². The number of carbonyl (C=O) groups excluding carboxylic acids is 2. The van der Waals surface area contributed by atoms with Crippen LogP contribution in [0, 0.1) is 0 Å². The molecule has 2 heterocycles. The van der Waals surface area contributed by atoms with E-state index in [1.54, 1.807) is 18.1 Å². The van der Waals surface area contributed by atoms with Crippen molar-refractivity contribution < 1.29 is 28.9 Å². The normalized spacial score (nSPS) is 18.6. The number of aromatic nitrogens is 3. The third kappa shape index (κ3) is 8.92. The van der Waals surface area contributed by atoms with E-state index in [4.69, 9.17) is 14.2 Å². The lowest BCUT2D eigenvalue weighted by Crippen LogP contribution is -2.47. The zero-order valence-electron chi connectivity index (χ0n) is 25.2. The Hall–Kier alpha value is -4.23. The molecule has 4 aromatic rings. The van der Waals surface area contributed by atoms with Gasteiger partial charge in [0.25, 0.3) is 0 Å². The Morgan fingerprint density at radius 2 is 1.71 bits per heavy atom. The van der Waals surface area contributed by atoms with E-state index in [0.717, 1.165) is 33.0 Å². The second-order valence-corrected chi connectivity index (χ2v) is 11.7. The first kappa shape index (κ1) is 32.2. The Morgan fingerprint density at radius 1 is 1.00 bits per heavy atom. The van der Waals surface area contributed by atoms with Gasteiger partial charge >= 0.3 is 12.0 Å². The van der Waals surface area contributed by atoms with Crippen LogP contribution < -0.4 is 10.6 Å². The lowest BCUT2D eigenvalue weighted by atomic mass is 10.0. The van der Waals surface area contributed by atoms with E-state index in [1.165, 1.54) is 7.11 Å². The van der Waals surface area contributed by atoms with Crippen molar-refractivity contribution in [2.45, 2.75) is 55.7 Å². The largest absolute Gasteiger partial charge is 0.467 e. The van der Waals surface area contributed by atoms with Gasteiger partial charge in [-0.25, -0.2) is 9.59 Å². The molecule has 3 N–H and O–H groups in total. The molecule has 1 fully saturated rings. The fourth-order valence-corrected chi connectivity index (χ4v) is 5.87. The number of thioether (sulfide) groups is 1. The van der Waals surface area contributed by atoms with Crippen molar-refractivity contribution in [3.05, 3.63) is 113 Å².